The van der Waals surface area contributed by atoms with Crippen LogP contribution in [0, 0.1) is 0 Å². The summed E-state index contributed by atoms with van der Waals surface area (Å²) in [6.45, 7) is 3.44. The molecule has 1 unspecified atom stereocenters. The van der Waals surface area contributed by atoms with Crippen molar-refractivity contribution in [3.8, 4) is 17.2 Å². The third kappa shape index (κ3) is 5.97. The van der Waals surface area contributed by atoms with Crippen molar-refractivity contribution >= 4 is 17.2 Å². The van der Waals surface area contributed by atoms with E-state index in [2.05, 4.69) is 41.6 Å². The van der Waals surface area contributed by atoms with Crippen LogP contribution in [0.5, 0.6) is 17.2 Å². The highest BCUT2D eigenvalue weighted by Gasteiger charge is 2.28. The summed E-state index contributed by atoms with van der Waals surface area (Å²) < 4.78 is 16.9. The number of nitrogens with zero attached hydrogens (tertiary/aromatic N) is 2. The van der Waals surface area contributed by atoms with Crippen molar-refractivity contribution in [3.63, 3.8) is 0 Å². The Balaban J connectivity index is 1.12. The molecule has 3 heterocycles. The molecular weight excluding hydrogens is 460 g/mol. The third-order valence-corrected chi connectivity index (χ3v) is 7.47. The van der Waals surface area contributed by atoms with Gasteiger partial charge in [0.15, 0.2) is 11.5 Å². The summed E-state index contributed by atoms with van der Waals surface area (Å²) in [5.41, 5.74) is 1.92. The lowest BCUT2D eigenvalue weighted by molar-refractivity contribution is 0.0580. The van der Waals surface area contributed by atoms with Gasteiger partial charge in [-0.3, -0.25) is 9.69 Å². The molecular formula is C28H32N2O4S. The number of likely N-dealkylation sites (tertiary alicyclic amines) is 1. The molecule has 0 N–H and O–H groups in total. The molecule has 1 atom stereocenters. The number of carbonyl (C=O) groups is 1. The van der Waals surface area contributed by atoms with Crippen LogP contribution in [-0.4, -0.2) is 48.7 Å². The first-order valence-corrected chi connectivity index (χ1v) is 13.2. The van der Waals surface area contributed by atoms with Gasteiger partial charge in [0.1, 0.15) is 5.75 Å². The monoisotopic (exact) mass is 492 g/mol. The molecule has 3 aromatic rings. The van der Waals surface area contributed by atoms with Gasteiger partial charge >= 0.3 is 0 Å². The van der Waals surface area contributed by atoms with Crippen LogP contribution in [0.15, 0.2) is 60.0 Å². The van der Waals surface area contributed by atoms with Gasteiger partial charge in [0.2, 0.25) is 6.79 Å². The maximum atomic E-state index is 13.3. The van der Waals surface area contributed by atoms with E-state index in [4.69, 9.17) is 14.2 Å². The SMILES string of the molecule is CN(Cc1ccc(OCCC2CCCCN2C(=O)c2ccc3c(c2)OCO3)cc1)Cc1cccs1. The van der Waals surface area contributed by atoms with Crippen molar-refractivity contribution in [1.29, 1.82) is 0 Å². The van der Waals surface area contributed by atoms with Crippen molar-refractivity contribution in [2.24, 2.45) is 0 Å². The lowest BCUT2D eigenvalue weighted by atomic mass is 9.98. The van der Waals surface area contributed by atoms with Gasteiger partial charge in [-0.1, -0.05) is 18.2 Å². The Hall–Kier alpha value is -3.03. The molecule has 6 nitrogen and oxygen atoms in total. The summed E-state index contributed by atoms with van der Waals surface area (Å²) in [7, 11) is 2.14. The maximum Gasteiger partial charge on any atom is 0.254 e. The Kier molecular flexibility index (Phi) is 7.54. The minimum Gasteiger partial charge on any atom is -0.494 e. The molecule has 1 fully saturated rings. The van der Waals surface area contributed by atoms with Crippen LogP contribution in [0.2, 0.25) is 0 Å². The molecule has 2 aromatic carbocycles. The van der Waals surface area contributed by atoms with E-state index in [1.54, 1.807) is 17.4 Å². The van der Waals surface area contributed by atoms with Gasteiger partial charge < -0.3 is 19.1 Å². The molecule has 0 aliphatic carbocycles. The highest BCUT2D eigenvalue weighted by atomic mass is 32.1. The molecule has 0 bridgehead atoms. The van der Waals surface area contributed by atoms with E-state index in [0.29, 0.717) is 23.7 Å². The Labute approximate surface area is 211 Å². The third-order valence-electron chi connectivity index (χ3n) is 6.61. The normalized spacial score (nSPS) is 17.1. The average molecular weight is 493 g/mol. The summed E-state index contributed by atoms with van der Waals surface area (Å²) in [5.74, 6) is 2.28. The highest BCUT2D eigenvalue weighted by molar-refractivity contribution is 7.09. The highest BCUT2D eigenvalue weighted by Crippen LogP contribution is 2.33. The van der Waals surface area contributed by atoms with Gasteiger partial charge in [0, 0.05) is 42.5 Å². The molecule has 0 saturated carbocycles. The summed E-state index contributed by atoms with van der Waals surface area (Å²) in [4.78, 5) is 19.0. The number of rotatable bonds is 9. The number of fused-ring (bicyclic) bond motifs is 1. The van der Waals surface area contributed by atoms with Gasteiger partial charge in [-0.2, -0.15) is 0 Å². The molecule has 1 aromatic heterocycles. The molecule has 0 radical (unpaired) electrons. The number of ether oxygens (including phenoxy) is 3. The Bertz CT molecular complexity index is 1120. The molecule has 1 saturated heterocycles. The molecule has 2 aliphatic rings. The van der Waals surface area contributed by atoms with Crippen LogP contribution in [0.25, 0.3) is 0 Å². The fourth-order valence-corrected chi connectivity index (χ4v) is 5.59. The van der Waals surface area contributed by atoms with E-state index in [0.717, 1.165) is 51.1 Å². The Morgan fingerprint density at radius 3 is 2.77 bits per heavy atom. The van der Waals surface area contributed by atoms with Crippen molar-refractivity contribution < 1.29 is 19.0 Å². The second-order valence-electron chi connectivity index (χ2n) is 9.25. The van der Waals surface area contributed by atoms with Gasteiger partial charge in [-0.15, -0.1) is 11.3 Å². The first kappa shape index (κ1) is 23.7. The minimum absolute atomic E-state index is 0.0593. The van der Waals surface area contributed by atoms with E-state index in [1.807, 2.05) is 29.2 Å². The largest absolute Gasteiger partial charge is 0.494 e. The predicted molar refractivity (Wildman–Crippen MR) is 137 cm³/mol. The second kappa shape index (κ2) is 11.1. The van der Waals surface area contributed by atoms with E-state index < -0.39 is 0 Å². The number of amides is 1. The van der Waals surface area contributed by atoms with Crippen LogP contribution in [-0.2, 0) is 13.1 Å². The van der Waals surface area contributed by atoms with E-state index >= 15 is 0 Å². The number of hydrogen-bond donors (Lipinski definition) is 0. The van der Waals surface area contributed by atoms with Gasteiger partial charge in [-0.25, -0.2) is 0 Å². The van der Waals surface area contributed by atoms with Crippen molar-refractivity contribution in [2.75, 3.05) is 27.0 Å². The summed E-state index contributed by atoms with van der Waals surface area (Å²) in [6.07, 6.45) is 4.01. The minimum atomic E-state index is 0.0593. The Morgan fingerprint density at radius 2 is 1.94 bits per heavy atom. The molecule has 7 heteroatoms. The molecule has 2 aliphatic heterocycles. The van der Waals surface area contributed by atoms with E-state index in [9.17, 15) is 4.79 Å². The van der Waals surface area contributed by atoms with Crippen LogP contribution in [0.1, 0.15) is 46.5 Å². The standard InChI is InChI=1S/C28H32N2O4S/c1-29(19-25-6-4-16-35-25)18-21-7-10-24(11-8-21)32-15-13-23-5-2-3-14-30(23)28(31)22-9-12-26-27(17-22)34-20-33-26/h4,6-12,16-17,23H,2-3,5,13-15,18-20H2,1H3. The molecule has 0 spiro atoms. The zero-order chi connectivity index (χ0) is 24.0. The first-order valence-electron chi connectivity index (χ1n) is 12.3. The average Bonchev–Trinajstić information content (AvgIpc) is 3.56. The number of thiophene rings is 1. The number of benzene rings is 2. The van der Waals surface area contributed by atoms with E-state index in [1.165, 1.54) is 10.4 Å². The smallest absolute Gasteiger partial charge is 0.254 e. The Morgan fingerprint density at radius 1 is 1.09 bits per heavy atom. The van der Waals surface area contributed by atoms with Crippen molar-refractivity contribution in [1.82, 2.24) is 9.80 Å². The van der Waals surface area contributed by atoms with Gasteiger partial charge in [0.25, 0.3) is 5.91 Å². The number of carbonyl (C=O) groups excluding carboxylic acids is 1. The lowest BCUT2D eigenvalue weighted by Gasteiger charge is -2.36. The first-order chi connectivity index (χ1) is 17.2. The zero-order valence-electron chi connectivity index (χ0n) is 20.2. The topological polar surface area (TPSA) is 51.2 Å². The fourth-order valence-electron chi connectivity index (χ4n) is 4.80. The van der Waals surface area contributed by atoms with Crippen LogP contribution < -0.4 is 14.2 Å². The molecule has 35 heavy (non-hydrogen) atoms. The second-order valence-corrected chi connectivity index (χ2v) is 10.3. The fraction of sp³-hybridized carbons (Fsp3) is 0.393. The quantitative estimate of drug-likeness (QED) is 0.391. The molecule has 184 valence electrons. The van der Waals surface area contributed by atoms with Gasteiger partial charge in [0.05, 0.1) is 6.61 Å². The summed E-state index contributed by atoms with van der Waals surface area (Å²) in [5, 5.41) is 2.12. The van der Waals surface area contributed by atoms with Crippen molar-refractivity contribution in [2.45, 2.75) is 44.8 Å². The van der Waals surface area contributed by atoms with E-state index in [-0.39, 0.29) is 18.7 Å². The zero-order valence-corrected chi connectivity index (χ0v) is 21.0. The van der Waals surface area contributed by atoms with Crippen LogP contribution >= 0.6 is 11.3 Å². The maximum absolute atomic E-state index is 13.3. The molecule has 5 rings (SSSR count). The lowest BCUT2D eigenvalue weighted by Crippen LogP contribution is -2.44. The summed E-state index contributed by atoms with van der Waals surface area (Å²) >= 11 is 1.79. The predicted octanol–water partition coefficient (Wildman–Crippen LogP) is 5.57. The number of hydrogen-bond acceptors (Lipinski definition) is 6. The van der Waals surface area contributed by atoms with Gasteiger partial charge in [-0.05, 0) is 73.7 Å². The molecule has 1 amide bonds. The van der Waals surface area contributed by atoms with Crippen LogP contribution in [0.3, 0.4) is 0 Å². The van der Waals surface area contributed by atoms with Crippen LogP contribution in [0.4, 0.5) is 0 Å². The number of piperidine rings is 1. The summed E-state index contributed by atoms with van der Waals surface area (Å²) in [6, 6.07) is 18.3. The van der Waals surface area contributed by atoms with Crippen molar-refractivity contribution in [3.05, 3.63) is 76.0 Å².